The van der Waals surface area contributed by atoms with Crippen LogP contribution >= 0.6 is 15.9 Å². The Hall–Kier alpha value is -3.37. The van der Waals surface area contributed by atoms with Crippen molar-refractivity contribution in [3.63, 3.8) is 0 Å². The summed E-state index contributed by atoms with van der Waals surface area (Å²) in [7, 11) is -2.56. The number of nitrogens with zero attached hydrogens (tertiary/aromatic N) is 2. The number of sulfonamides is 1. The molecule has 10 heteroatoms. The maximum Gasteiger partial charge on any atom is 0.264 e. The number of rotatable bonds is 12. The van der Waals surface area contributed by atoms with Crippen molar-refractivity contribution in [3.8, 4) is 5.75 Å². The van der Waals surface area contributed by atoms with Crippen molar-refractivity contribution < 1.29 is 22.7 Å². The summed E-state index contributed by atoms with van der Waals surface area (Å²) in [4.78, 5) is 28.5. The van der Waals surface area contributed by atoms with Gasteiger partial charge in [-0.1, -0.05) is 59.6 Å². The minimum absolute atomic E-state index is 0.0656. The van der Waals surface area contributed by atoms with E-state index in [2.05, 4.69) is 21.2 Å². The lowest BCUT2D eigenvalue weighted by atomic mass is 10.1. The number of carbonyl (C=O) groups excluding carboxylic acids is 2. The van der Waals surface area contributed by atoms with Crippen molar-refractivity contribution in [3.05, 3.63) is 88.4 Å². The number of benzene rings is 3. The second-order valence-corrected chi connectivity index (χ2v) is 12.8. The highest BCUT2D eigenvalue weighted by Crippen LogP contribution is 2.26. The number of amides is 2. The van der Waals surface area contributed by atoms with Crippen molar-refractivity contribution in [2.75, 3.05) is 24.5 Å². The SMILES string of the molecule is COc1cccc(CN(C(=O)CN(c2ccc(Br)cc2)S(=O)(=O)c2ccc(C)cc2)C(C)C(=O)NCC(C)C)c1. The lowest BCUT2D eigenvalue weighted by molar-refractivity contribution is -0.139. The molecule has 1 atom stereocenters. The summed E-state index contributed by atoms with van der Waals surface area (Å²) in [5, 5.41) is 2.88. The summed E-state index contributed by atoms with van der Waals surface area (Å²) < 4.78 is 34.9. The standard InChI is InChI=1S/C30H36BrN3O5S/c1-21(2)18-32-30(36)23(4)33(19-24-7-6-8-27(17-24)39-5)29(35)20-34(26-13-11-25(31)12-14-26)40(37,38)28-15-9-22(3)10-16-28/h6-17,21,23H,18-20H2,1-5H3,(H,32,36). The molecule has 0 fully saturated rings. The number of nitrogens with one attached hydrogen (secondary N) is 1. The Bertz CT molecular complexity index is 1410. The summed E-state index contributed by atoms with van der Waals surface area (Å²) in [5.41, 5.74) is 1.99. The number of methoxy groups -OCH3 is 1. The number of hydrogen-bond acceptors (Lipinski definition) is 5. The van der Waals surface area contributed by atoms with Crippen LogP contribution < -0.4 is 14.4 Å². The van der Waals surface area contributed by atoms with Gasteiger partial charge >= 0.3 is 0 Å². The van der Waals surface area contributed by atoms with Crippen LogP contribution in [0.4, 0.5) is 5.69 Å². The average Bonchev–Trinajstić information content (AvgIpc) is 2.93. The van der Waals surface area contributed by atoms with Crippen LogP contribution in [0.25, 0.3) is 0 Å². The van der Waals surface area contributed by atoms with Gasteiger partial charge in [0.2, 0.25) is 11.8 Å². The van der Waals surface area contributed by atoms with Crippen LogP contribution in [0.1, 0.15) is 31.9 Å². The number of aryl methyl sites for hydroxylation is 1. The Morgan fingerprint density at radius 2 is 1.62 bits per heavy atom. The van der Waals surface area contributed by atoms with Gasteiger partial charge in [0.05, 0.1) is 17.7 Å². The topological polar surface area (TPSA) is 96.0 Å². The minimum atomic E-state index is -4.11. The van der Waals surface area contributed by atoms with E-state index in [-0.39, 0.29) is 23.3 Å². The van der Waals surface area contributed by atoms with Crippen molar-refractivity contribution in [1.29, 1.82) is 0 Å². The van der Waals surface area contributed by atoms with Gasteiger partial charge in [0.1, 0.15) is 18.3 Å². The van der Waals surface area contributed by atoms with Crippen LogP contribution in [-0.2, 0) is 26.2 Å². The van der Waals surface area contributed by atoms with Crippen LogP contribution in [0.15, 0.2) is 82.2 Å². The highest BCUT2D eigenvalue weighted by molar-refractivity contribution is 9.10. The van der Waals surface area contributed by atoms with Crippen LogP contribution in [-0.4, -0.2) is 51.4 Å². The van der Waals surface area contributed by atoms with E-state index < -0.39 is 28.5 Å². The van der Waals surface area contributed by atoms with Gasteiger partial charge in [-0.15, -0.1) is 0 Å². The average molecular weight is 631 g/mol. The quantitative estimate of drug-likeness (QED) is 0.299. The maximum atomic E-state index is 14.0. The van der Waals surface area contributed by atoms with E-state index in [9.17, 15) is 18.0 Å². The van der Waals surface area contributed by atoms with Crippen LogP contribution in [0.5, 0.6) is 5.75 Å². The largest absolute Gasteiger partial charge is 0.497 e. The molecule has 1 unspecified atom stereocenters. The molecule has 3 rings (SSSR count). The molecular weight excluding hydrogens is 594 g/mol. The summed E-state index contributed by atoms with van der Waals surface area (Å²) in [6.45, 7) is 7.53. The zero-order valence-electron chi connectivity index (χ0n) is 23.4. The first-order valence-corrected chi connectivity index (χ1v) is 15.2. The minimum Gasteiger partial charge on any atom is -0.497 e. The first-order valence-electron chi connectivity index (χ1n) is 13.0. The van der Waals surface area contributed by atoms with E-state index in [0.29, 0.717) is 18.0 Å². The fourth-order valence-corrected chi connectivity index (χ4v) is 5.65. The molecule has 8 nitrogen and oxygen atoms in total. The zero-order valence-corrected chi connectivity index (χ0v) is 25.8. The number of hydrogen-bond donors (Lipinski definition) is 1. The van der Waals surface area contributed by atoms with E-state index in [1.54, 1.807) is 68.6 Å². The Labute approximate surface area is 245 Å². The Morgan fingerprint density at radius 1 is 0.975 bits per heavy atom. The van der Waals surface area contributed by atoms with E-state index >= 15 is 0 Å². The van der Waals surface area contributed by atoms with Gasteiger partial charge in [0.25, 0.3) is 10.0 Å². The van der Waals surface area contributed by atoms with Gasteiger partial charge in [0, 0.05) is 17.6 Å². The summed E-state index contributed by atoms with van der Waals surface area (Å²) in [6.07, 6.45) is 0. The second kappa shape index (κ2) is 13.8. The number of halogens is 1. The molecule has 0 aliphatic rings. The smallest absolute Gasteiger partial charge is 0.264 e. The molecule has 0 saturated heterocycles. The lowest BCUT2D eigenvalue weighted by Gasteiger charge is -2.32. The Balaban J connectivity index is 2.01. The predicted molar refractivity (Wildman–Crippen MR) is 161 cm³/mol. The monoisotopic (exact) mass is 629 g/mol. The van der Waals surface area contributed by atoms with Crippen LogP contribution in [0.2, 0.25) is 0 Å². The van der Waals surface area contributed by atoms with Gasteiger partial charge in [-0.2, -0.15) is 0 Å². The molecule has 3 aromatic carbocycles. The van der Waals surface area contributed by atoms with E-state index in [1.165, 1.54) is 17.0 Å². The van der Waals surface area contributed by atoms with Gasteiger partial charge in [-0.25, -0.2) is 8.42 Å². The van der Waals surface area contributed by atoms with E-state index in [4.69, 9.17) is 4.74 Å². The predicted octanol–water partition coefficient (Wildman–Crippen LogP) is 5.15. The first kappa shape index (κ1) is 31.2. The van der Waals surface area contributed by atoms with Crippen molar-refractivity contribution >= 4 is 43.5 Å². The molecule has 1 N–H and O–H groups in total. The van der Waals surface area contributed by atoms with Gasteiger partial charge in [0.15, 0.2) is 0 Å². The third-order valence-corrected chi connectivity index (χ3v) is 8.66. The fourth-order valence-electron chi connectivity index (χ4n) is 3.98. The van der Waals surface area contributed by atoms with Crippen LogP contribution in [0, 0.1) is 12.8 Å². The lowest BCUT2D eigenvalue weighted by Crippen LogP contribution is -2.51. The molecule has 0 heterocycles. The molecule has 40 heavy (non-hydrogen) atoms. The second-order valence-electron chi connectivity index (χ2n) is 9.99. The third-order valence-electron chi connectivity index (χ3n) is 6.34. The molecule has 0 aliphatic carbocycles. The van der Waals surface area contributed by atoms with Crippen molar-refractivity contribution in [2.24, 2.45) is 5.92 Å². The molecule has 0 radical (unpaired) electrons. The molecule has 0 spiro atoms. The van der Waals surface area contributed by atoms with Gasteiger partial charge < -0.3 is 15.0 Å². The van der Waals surface area contributed by atoms with Crippen LogP contribution in [0.3, 0.4) is 0 Å². The Morgan fingerprint density at radius 3 is 2.23 bits per heavy atom. The molecule has 3 aromatic rings. The van der Waals surface area contributed by atoms with Gasteiger partial charge in [-0.05, 0) is 73.9 Å². The highest BCUT2D eigenvalue weighted by atomic mass is 79.9. The van der Waals surface area contributed by atoms with Crippen molar-refractivity contribution in [2.45, 2.75) is 45.2 Å². The third kappa shape index (κ3) is 8.08. The number of anilines is 1. The summed E-state index contributed by atoms with van der Waals surface area (Å²) >= 11 is 3.38. The molecule has 0 saturated carbocycles. The molecule has 0 aromatic heterocycles. The molecule has 214 valence electrons. The Kier molecular flexibility index (Phi) is 10.8. The summed E-state index contributed by atoms with van der Waals surface area (Å²) in [6, 6.07) is 19.5. The summed E-state index contributed by atoms with van der Waals surface area (Å²) in [5.74, 6) is 0.00151. The normalized spacial score (nSPS) is 12.1. The highest BCUT2D eigenvalue weighted by Gasteiger charge is 2.32. The van der Waals surface area contributed by atoms with E-state index in [0.717, 1.165) is 19.9 Å². The number of carbonyl (C=O) groups is 2. The first-order chi connectivity index (χ1) is 18.9. The fraction of sp³-hybridized carbons (Fsp3) is 0.333. The van der Waals surface area contributed by atoms with Gasteiger partial charge in [-0.3, -0.25) is 13.9 Å². The molecule has 0 aliphatic heterocycles. The maximum absolute atomic E-state index is 14.0. The van der Waals surface area contributed by atoms with E-state index in [1.807, 2.05) is 26.8 Å². The molecule has 0 bridgehead atoms. The zero-order chi connectivity index (χ0) is 29.4. The molecule has 2 amide bonds. The number of ether oxygens (including phenoxy) is 1. The molecular formula is C30H36BrN3O5S. The van der Waals surface area contributed by atoms with Crippen molar-refractivity contribution in [1.82, 2.24) is 10.2 Å².